The maximum atomic E-state index is 10.7. The molecule has 0 fully saturated rings. The molecule has 1 aromatic carbocycles. The summed E-state index contributed by atoms with van der Waals surface area (Å²) in [5.74, 6) is 0.247. The lowest BCUT2D eigenvalue weighted by molar-refractivity contribution is 0.293. The number of hydrogen-bond donors (Lipinski definition) is 1. The van der Waals surface area contributed by atoms with Gasteiger partial charge in [0.15, 0.2) is 0 Å². The highest BCUT2D eigenvalue weighted by atomic mass is 16.3. The van der Waals surface area contributed by atoms with Crippen molar-refractivity contribution in [1.82, 2.24) is 9.78 Å². The van der Waals surface area contributed by atoms with Crippen LogP contribution in [0.5, 0.6) is 5.88 Å². The first-order valence-corrected chi connectivity index (χ1v) is 7.42. The first kappa shape index (κ1) is 15.6. The zero-order valence-corrected chi connectivity index (χ0v) is 14.2. The Morgan fingerprint density at radius 1 is 0.952 bits per heavy atom. The van der Waals surface area contributed by atoms with E-state index in [0.29, 0.717) is 0 Å². The third-order valence-electron chi connectivity index (χ3n) is 3.55. The molecule has 3 nitrogen and oxygen atoms in total. The van der Waals surface area contributed by atoms with Gasteiger partial charge in [-0.3, -0.25) is 0 Å². The second-order valence-corrected chi connectivity index (χ2v) is 7.75. The molecule has 0 aliphatic rings. The third kappa shape index (κ3) is 2.97. The van der Waals surface area contributed by atoms with E-state index in [9.17, 15) is 5.11 Å². The van der Waals surface area contributed by atoms with Gasteiger partial charge in [0, 0.05) is 5.41 Å². The highest BCUT2D eigenvalue weighted by Gasteiger charge is 2.31. The fraction of sp³-hybridized carbons (Fsp3) is 0.500. The topological polar surface area (TPSA) is 38.0 Å². The van der Waals surface area contributed by atoms with Crippen LogP contribution in [0.2, 0.25) is 0 Å². The van der Waals surface area contributed by atoms with Gasteiger partial charge in [0.05, 0.1) is 16.8 Å². The second kappa shape index (κ2) is 4.90. The average Bonchev–Trinajstić information content (AvgIpc) is 2.67. The molecule has 0 atom stereocenters. The maximum Gasteiger partial charge on any atom is 0.218 e. The first-order valence-electron chi connectivity index (χ1n) is 7.42. The molecule has 0 saturated heterocycles. The van der Waals surface area contributed by atoms with Crippen LogP contribution >= 0.6 is 0 Å². The van der Waals surface area contributed by atoms with Gasteiger partial charge in [0.1, 0.15) is 0 Å². The van der Waals surface area contributed by atoms with Gasteiger partial charge in [0.25, 0.3) is 0 Å². The highest BCUT2D eigenvalue weighted by Crippen LogP contribution is 2.40. The lowest BCUT2D eigenvalue weighted by atomic mass is 9.87. The van der Waals surface area contributed by atoms with E-state index < -0.39 is 0 Å². The molecule has 0 saturated carbocycles. The molecule has 1 N–H and O–H groups in total. The molecule has 0 unspecified atom stereocenters. The molecule has 0 aliphatic heterocycles. The Labute approximate surface area is 127 Å². The quantitative estimate of drug-likeness (QED) is 0.831. The van der Waals surface area contributed by atoms with Gasteiger partial charge >= 0.3 is 0 Å². The van der Waals surface area contributed by atoms with Gasteiger partial charge in [-0.25, -0.2) is 4.68 Å². The van der Waals surface area contributed by atoms with Crippen LogP contribution in [-0.2, 0) is 11.0 Å². The van der Waals surface area contributed by atoms with E-state index in [0.717, 1.165) is 16.8 Å². The zero-order valence-electron chi connectivity index (χ0n) is 14.2. The van der Waals surface area contributed by atoms with E-state index in [2.05, 4.69) is 39.8 Å². The predicted molar refractivity (Wildman–Crippen MR) is 87.8 cm³/mol. The van der Waals surface area contributed by atoms with Crippen LogP contribution < -0.4 is 0 Å². The monoisotopic (exact) mass is 286 g/mol. The molecule has 114 valence electrons. The summed E-state index contributed by atoms with van der Waals surface area (Å²) >= 11 is 0. The largest absolute Gasteiger partial charge is 0.493 e. The summed E-state index contributed by atoms with van der Waals surface area (Å²) in [6.45, 7) is 14.6. The highest BCUT2D eigenvalue weighted by molar-refractivity contribution is 5.72. The lowest BCUT2D eigenvalue weighted by Crippen LogP contribution is -2.24. The number of aromatic hydroxyl groups is 1. The molecule has 0 amide bonds. The summed E-state index contributed by atoms with van der Waals surface area (Å²) in [5, 5.41) is 15.4. The Hall–Kier alpha value is -1.77. The van der Waals surface area contributed by atoms with Gasteiger partial charge in [-0.2, -0.15) is 5.10 Å². The van der Waals surface area contributed by atoms with Crippen LogP contribution in [-0.4, -0.2) is 14.9 Å². The fourth-order valence-corrected chi connectivity index (χ4v) is 2.39. The lowest BCUT2D eigenvalue weighted by Gasteiger charge is -2.20. The maximum absolute atomic E-state index is 10.7. The summed E-state index contributed by atoms with van der Waals surface area (Å²) < 4.78 is 1.72. The minimum absolute atomic E-state index is 0.131. The second-order valence-electron chi connectivity index (χ2n) is 7.75. The summed E-state index contributed by atoms with van der Waals surface area (Å²) in [7, 11) is 0. The van der Waals surface area contributed by atoms with Crippen LogP contribution in [0.3, 0.4) is 0 Å². The minimum Gasteiger partial charge on any atom is -0.493 e. The molecule has 0 spiro atoms. The van der Waals surface area contributed by atoms with Crippen molar-refractivity contribution in [1.29, 1.82) is 0 Å². The fourth-order valence-electron chi connectivity index (χ4n) is 2.39. The zero-order chi connectivity index (χ0) is 16.0. The van der Waals surface area contributed by atoms with E-state index in [1.807, 2.05) is 32.9 Å². The van der Waals surface area contributed by atoms with Crippen LogP contribution in [0, 0.1) is 6.92 Å². The van der Waals surface area contributed by atoms with E-state index in [-0.39, 0.29) is 16.8 Å². The standard InChI is InChI=1S/C18H26N2O/c1-12-8-10-13(11-9-12)14-15(17(2,3)4)19-20(16(14)21)18(5,6)7/h8-11,21H,1-7H3. The summed E-state index contributed by atoms with van der Waals surface area (Å²) in [5.41, 5.74) is 3.61. The minimum atomic E-state index is -0.257. The third-order valence-corrected chi connectivity index (χ3v) is 3.55. The van der Waals surface area contributed by atoms with Gasteiger partial charge in [-0.05, 0) is 33.3 Å². The van der Waals surface area contributed by atoms with Crippen molar-refractivity contribution in [2.75, 3.05) is 0 Å². The van der Waals surface area contributed by atoms with Crippen molar-refractivity contribution in [3.8, 4) is 17.0 Å². The number of aryl methyl sites for hydroxylation is 1. The van der Waals surface area contributed by atoms with Crippen molar-refractivity contribution in [2.45, 2.75) is 59.4 Å². The van der Waals surface area contributed by atoms with Crippen molar-refractivity contribution < 1.29 is 5.11 Å². The Kier molecular flexibility index (Phi) is 3.64. The van der Waals surface area contributed by atoms with E-state index in [1.165, 1.54) is 5.56 Å². The SMILES string of the molecule is Cc1ccc(-c2c(C(C)(C)C)nn(C(C)(C)C)c2O)cc1. The molecule has 1 heterocycles. The summed E-state index contributed by atoms with van der Waals surface area (Å²) in [6, 6.07) is 8.23. The van der Waals surface area contributed by atoms with Crippen molar-refractivity contribution in [2.24, 2.45) is 0 Å². The average molecular weight is 286 g/mol. The molecule has 2 rings (SSSR count). The molecule has 0 bridgehead atoms. The van der Waals surface area contributed by atoms with Gasteiger partial charge < -0.3 is 5.11 Å². The Balaban J connectivity index is 2.74. The van der Waals surface area contributed by atoms with Gasteiger partial charge in [0.2, 0.25) is 5.88 Å². The molecule has 21 heavy (non-hydrogen) atoms. The van der Waals surface area contributed by atoms with Gasteiger partial charge in [-0.1, -0.05) is 50.6 Å². The van der Waals surface area contributed by atoms with Crippen molar-refractivity contribution in [3.05, 3.63) is 35.5 Å². The molecule has 0 aliphatic carbocycles. The van der Waals surface area contributed by atoms with E-state index >= 15 is 0 Å². The molecule has 3 heteroatoms. The van der Waals surface area contributed by atoms with E-state index in [1.54, 1.807) is 4.68 Å². The first-order chi connectivity index (χ1) is 9.51. The van der Waals surface area contributed by atoms with Crippen LogP contribution in [0.15, 0.2) is 24.3 Å². The van der Waals surface area contributed by atoms with Gasteiger partial charge in [-0.15, -0.1) is 0 Å². The summed E-state index contributed by atoms with van der Waals surface area (Å²) in [6.07, 6.45) is 0. The van der Waals surface area contributed by atoms with Crippen molar-refractivity contribution in [3.63, 3.8) is 0 Å². The molecular formula is C18H26N2O. The Morgan fingerprint density at radius 3 is 1.90 bits per heavy atom. The predicted octanol–water partition coefficient (Wildman–Crippen LogP) is 4.62. The van der Waals surface area contributed by atoms with Crippen LogP contribution in [0.4, 0.5) is 0 Å². The number of rotatable bonds is 1. The normalized spacial score (nSPS) is 12.7. The number of hydrogen-bond acceptors (Lipinski definition) is 2. The smallest absolute Gasteiger partial charge is 0.218 e. The Morgan fingerprint density at radius 2 is 1.48 bits per heavy atom. The van der Waals surface area contributed by atoms with Crippen LogP contribution in [0.25, 0.3) is 11.1 Å². The van der Waals surface area contributed by atoms with E-state index in [4.69, 9.17) is 5.10 Å². The Bertz CT molecular complexity index is 638. The molecular weight excluding hydrogens is 260 g/mol. The van der Waals surface area contributed by atoms with Crippen LogP contribution in [0.1, 0.15) is 52.8 Å². The number of aromatic nitrogens is 2. The number of benzene rings is 1. The number of nitrogens with zero attached hydrogens (tertiary/aromatic N) is 2. The van der Waals surface area contributed by atoms with Crippen molar-refractivity contribution >= 4 is 0 Å². The summed E-state index contributed by atoms with van der Waals surface area (Å²) in [4.78, 5) is 0. The molecule has 2 aromatic rings. The molecule has 1 aromatic heterocycles. The molecule has 0 radical (unpaired) electrons.